The maximum absolute atomic E-state index is 13.2. The number of carbonyl (C=O) groups is 1. The van der Waals surface area contributed by atoms with Gasteiger partial charge in [-0.05, 0) is 114 Å². The molecule has 30 heavy (non-hydrogen) atoms. The van der Waals surface area contributed by atoms with Crippen molar-refractivity contribution in [3.63, 3.8) is 0 Å². The van der Waals surface area contributed by atoms with E-state index < -0.39 is 11.1 Å². The molecule has 1 aliphatic carbocycles. The fourth-order valence-electron chi connectivity index (χ4n) is 4.89. The van der Waals surface area contributed by atoms with Crippen LogP contribution < -0.4 is 10.6 Å². The highest BCUT2D eigenvalue weighted by Gasteiger charge is 2.50. The topological polar surface area (TPSA) is 61.4 Å². The molecule has 2 atom stereocenters. The molecule has 1 saturated carbocycles. The summed E-state index contributed by atoms with van der Waals surface area (Å²) >= 11 is 4.66. The summed E-state index contributed by atoms with van der Waals surface area (Å²) in [5, 5.41) is 17.2. The first-order chi connectivity index (χ1) is 14.1. The number of nitrogens with one attached hydrogen (secondary N) is 2. The number of carbonyl (C=O) groups excluding carboxylic acids is 1. The van der Waals surface area contributed by atoms with Crippen molar-refractivity contribution in [3.05, 3.63) is 67.4 Å². The van der Waals surface area contributed by atoms with Gasteiger partial charge >= 0.3 is 0 Å². The summed E-state index contributed by atoms with van der Waals surface area (Å²) in [5.74, 6) is 0.197. The summed E-state index contributed by atoms with van der Waals surface area (Å²) in [6.07, 6.45) is 1.74. The molecule has 2 aromatic rings. The minimum Gasteiger partial charge on any atom is -0.390 e. The Balaban J connectivity index is 1.57. The van der Waals surface area contributed by atoms with Gasteiger partial charge in [0.1, 0.15) is 5.78 Å². The minimum atomic E-state index is -0.642. The van der Waals surface area contributed by atoms with E-state index in [-0.39, 0.29) is 17.6 Å². The van der Waals surface area contributed by atoms with Crippen LogP contribution in [0, 0.1) is 19.0 Å². The lowest BCUT2D eigenvalue weighted by atomic mass is 9.62. The fourth-order valence-corrected chi connectivity index (χ4v) is 6.34. The molecule has 4 rings (SSSR count). The summed E-state index contributed by atoms with van der Waals surface area (Å²) in [6, 6.07) is 14.5. The van der Waals surface area contributed by atoms with Gasteiger partial charge in [-0.2, -0.15) is 0 Å². The molecule has 2 fully saturated rings. The summed E-state index contributed by atoms with van der Waals surface area (Å²) in [7, 11) is 0. The molecule has 2 aliphatic rings. The molecular formula is C24H26I2N2O2. The highest BCUT2D eigenvalue weighted by atomic mass is 127. The zero-order valence-electron chi connectivity index (χ0n) is 17.1. The second-order valence-corrected chi connectivity index (χ2v) is 11.4. The molecule has 0 aromatic heterocycles. The van der Waals surface area contributed by atoms with Crippen molar-refractivity contribution in [2.24, 2.45) is 11.8 Å². The van der Waals surface area contributed by atoms with E-state index in [9.17, 15) is 9.90 Å². The van der Waals surface area contributed by atoms with Crippen molar-refractivity contribution in [2.75, 3.05) is 5.32 Å². The van der Waals surface area contributed by atoms with E-state index in [1.54, 1.807) is 0 Å². The highest BCUT2D eigenvalue weighted by molar-refractivity contribution is 14.1. The molecule has 6 heteroatoms. The molecule has 2 aromatic carbocycles. The SMILES string of the molecule is C=C1N[C@](C)(c2cccc(Nc3ccc(I)cc3)c2I)CC(=O)C1C1CC(C)(O)C1. The zero-order chi connectivity index (χ0) is 21.7. The number of allylic oxidation sites excluding steroid dienone is 1. The summed E-state index contributed by atoms with van der Waals surface area (Å²) in [4.78, 5) is 13.2. The van der Waals surface area contributed by atoms with Gasteiger partial charge in [0, 0.05) is 24.9 Å². The standard InChI is InChI=1S/C24H26I2N2O2/c1-14-21(15-11-23(2,30)12-15)20(29)13-24(3,28-14)18-5-4-6-19(22(18)26)27-17-9-7-16(25)8-10-17/h4-10,15,21,27-28,30H,1,11-13H2,2-3H3/t15?,21?,23?,24-/m0/s1. The number of halogens is 2. The largest absolute Gasteiger partial charge is 0.390 e. The van der Waals surface area contributed by atoms with Crippen molar-refractivity contribution >= 4 is 62.3 Å². The van der Waals surface area contributed by atoms with Gasteiger partial charge < -0.3 is 15.7 Å². The van der Waals surface area contributed by atoms with E-state index in [0.29, 0.717) is 19.3 Å². The third-order valence-electron chi connectivity index (χ3n) is 6.28. The van der Waals surface area contributed by atoms with Crippen molar-refractivity contribution < 1.29 is 9.90 Å². The van der Waals surface area contributed by atoms with Crippen molar-refractivity contribution in [1.82, 2.24) is 5.32 Å². The molecule has 0 radical (unpaired) electrons. The van der Waals surface area contributed by atoms with Crippen LogP contribution in [0.1, 0.15) is 38.7 Å². The van der Waals surface area contributed by atoms with Crippen molar-refractivity contribution in [1.29, 1.82) is 0 Å². The van der Waals surface area contributed by atoms with Gasteiger partial charge in [0.2, 0.25) is 0 Å². The van der Waals surface area contributed by atoms with E-state index in [4.69, 9.17) is 0 Å². The summed E-state index contributed by atoms with van der Waals surface area (Å²) in [5.41, 5.74) is 2.78. The predicted octanol–water partition coefficient (Wildman–Crippen LogP) is 5.71. The molecule has 1 aliphatic heterocycles. The molecule has 1 unspecified atom stereocenters. The Morgan fingerprint density at radius 1 is 1.13 bits per heavy atom. The van der Waals surface area contributed by atoms with Gasteiger partial charge in [-0.15, -0.1) is 0 Å². The average molecular weight is 628 g/mol. The summed E-state index contributed by atoms with van der Waals surface area (Å²) in [6.45, 7) is 8.13. The van der Waals surface area contributed by atoms with E-state index >= 15 is 0 Å². The number of hydrogen-bond donors (Lipinski definition) is 3. The van der Waals surface area contributed by atoms with E-state index in [1.165, 1.54) is 3.57 Å². The quantitative estimate of drug-likeness (QED) is 0.380. The molecule has 0 bridgehead atoms. The van der Waals surface area contributed by atoms with E-state index in [0.717, 1.165) is 26.2 Å². The number of ketones is 1. The third-order valence-corrected chi connectivity index (χ3v) is 8.16. The lowest BCUT2D eigenvalue weighted by Gasteiger charge is -2.49. The first kappa shape index (κ1) is 22.1. The molecule has 0 spiro atoms. The van der Waals surface area contributed by atoms with Gasteiger partial charge in [-0.1, -0.05) is 18.7 Å². The Morgan fingerprint density at radius 2 is 1.80 bits per heavy atom. The van der Waals surface area contributed by atoms with E-state index in [2.05, 4.69) is 106 Å². The van der Waals surface area contributed by atoms with Gasteiger partial charge in [0.25, 0.3) is 0 Å². The maximum atomic E-state index is 13.2. The Kier molecular flexibility index (Phi) is 5.95. The van der Waals surface area contributed by atoms with Crippen LogP contribution in [0.3, 0.4) is 0 Å². The molecule has 1 saturated heterocycles. The Labute approximate surface area is 205 Å². The van der Waals surface area contributed by atoms with Gasteiger partial charge in [-0.3, -0.25) is 4.79 Å². The number of hydrogen-bond acceptors (Lipinski definition) is 4. The molecule has 1 heterocycles. The van der Waals surface area contributed by atoms with Crippen molar-refractivity contribution in [2.45, 2.75) is 44.2 Å². The third kappa shape index (κ3) is 4.27. The van der Waals surface area contributed by atoms with Crippen LogP contribution >= 0.6 is 45.2 Å². The van der Waals surface area contributed by atoms with Gasteiger partial charge in [0.15, 0.2) is 0 Å². The normalized spacial score (nSPS) is 31.1. The van der Waals surface area contributed by atoms with Crippen LogP contribution in [0.25, 0.3) is 0 Å². The monoisotopic (exact) mass is 628 g/mol. The maximum Gasteiger partial charge on any atom is 0.144 e. The molecule has 0 amide bonds. The van der Waals surface area contributed by atoms with Crippen LogP contribution in [0.2, 0.25) is 0 Å². The fraction of sp³-hybridized carbons (Fsp3) is 0.375. The smallest absolute Gasteiger partial charge is 0.144 e. The Hall–Kier alpha value is -1.13. The van der Waals surface area contributed by atoms with Crippen LogP contribution in [-0.2, 0) is 10.3 Å². The second kappa shape index (κ2) is 8.09. The lowest BCUT2D eigenvalue weighted by Crippen LogP contribution is -2.55. The summed E-state index contributed by atoms with van der Waals surface area (Å²) < 4.78 is 2.29. The first-order valence-corrected chi connectivity index (χ1v) is 12.3. The van der Waals surface area contributed by atoms with Crippen LogP contribution in [-0.4, -0.2) is 16.5 Å². The predicted molar refractivity (Wildman–Crippen MR) is 138 cm³/mol. The average Bonchev–Trinajstić information content (AvgIpc) is 2.63. The lowest BCUT2D eigenvalue weighted by molar-refractivity contribution is -0.133. The molecule has 158 valence electrons. The first-order valence-electron chi connectivity index (χ1n) is 10.1. The number of Topliss-reactive ketones (excluding diaryl/α,β-unsaturated/α-hetero) is 1. The molecular weight excluding hydrogens is 602 g/mol. The van der Waals surface area contributed by atoms with E-state index in [1.807, 2.05) is 13.0 Å². The zero-order valence-corrected chi connectivity index (χ0v) is 21.5. The minimum absolute atomic E-state index is 0.185. The van der Waals surface area contributed by atoms with Gasteiger partial charge in [-0.25, -0.2) is 0 Å². The van der Waals surface area contributed by atoms with Crippen molar-refractivity contribution in [3.8, 4) is 0 Å². The number of benzene rings is 2. The molecule has 4 nitrogen and oxygen atoms in total. The van der Waals surface area contributed by atoms with Crippen LogP contribution in [0.15, 0.2) is 54.7 Å². The number of piperidine rings is 1. The number of rotatable bonds is 4. The van der Waals surface area contributed by atoms with Crippen LogP contribution in [0.5, 0.6) is 0 Å². The highest BCUT2D eigenvalue weighted by Crippen LogP contribution is 2.48. The number of anilines is 2. The Bertz CT molecular complexity index is 975. The Morgan fingerprint density at radius 3 is 2.40 bits per heavy atom. The van der Waals surface area contributed by atoms with Gasteiger partial charge in [0.05, 0.1) is 22.7 Å². The number of aliphatic hydroxyl groups is 1. The van der Waals surface area contributed by atoms with Crippen LogP contribution in [0.4, 0.5) is 11.4 Å². The second-order valence-electron chi connectivity index (χ2n) is 9.07. The molecule has 3 N–H and O–H groups in total.